The van der Waals surface area contributed by atoms with Gasteiger partial charge in [-0.1, -0.05) is 0 Å². The number of rotatable bonds is 5. The maximum absolute atomic E-state index is 12.4. The molecule has 1 aliphatic carbocycles. The molecule has 2 N–H and O–H groups in total. The van der Waals surface area contributed by atoms with E-state index in [4.69, 9.17) is 10.1 Å². The highest BCUT2D eigenvalue weighted by atomic mass is 16.5. The van der Waals surface area contributed by atoms with E-state index < -0.39 is 0 Å². The van der Waals surface area contributed by atoms with E-state index in [9.17, 15) is 4.79 Å². The number of nitrogens with one attached hydrogen (secondary N) is 2. The highest BCUT2D eigenvalue weighted by molar-refractivity contribution is 6.29. The summed E-state index contributed by atoms with van der Waals surface area (Å²) in [5.74, 6) is -0.0348. The number of allylic oxidation sites excluding steroid dienone is 3. The molecule has 0 bridgehead atoms. The van der Waals surface area contributed by atoms with Crippen molar-refractivity contribution in [3.05, 3.63) is 23.0 Å². The second-order valence-electron chi connectivity index (χ2n) is 4.85. The number of carbonyl (C=O) groups excluding carboxylic acids is 1. The number of carbonyl (C=O) groups is 1. The number of nitrogens with zero attached hydrogens (tertiary/aromatic N) is 1. The number of ketones is 1. The summed E-state index contributed by atoms with van der Waals surface area (Å²) in [6, 6.07) is 0. The molecule has 0 atom stereocenters. The van der Waals surface area contributed by atoms with Gasteiger partial charge < -0.3 is 20.4 Å². The van der Waals surface area contributed by atoms with Crippen LogP contribution in [0.3, 0.4) is 0 Å². The summed E-state index contributed by atoms with van der Waals surface area (Å²) in [6.45, 7) is 3.06. The summed E-state index contributed by atoms with van der Waals surface area (Å²) >= 11 is 0. The molecule has 0 amide bonds. The molecular formula is C14H23N3O2. The predicted molar refractivity (Wildman–Crippen MR) is 76.3 cm³/mol. The van der Waals surface area contributed by atoms with Gasteiger partial charge in [-0.3, -0.25) is 4.79 Å². The zero-order chi connectivity index (χ0) is 14.4. The molecule has 0 heterocycles. The van der Waals surface area contributed by atoms with Crippen molar-refractivity contribution >= 4 is 11.5 Å². The van der Waals surface area contributed by atoms with Crippen molar-refractivity contribution in [2.45, 2.75) is 19.8 Å². The molecule has 0 aromatic rings. The molecule has 5 heteroatoms. The molecular weight excluding hydrogens is 242 g/mol. The summed E-state index contributed by atoms with van der Waals surface area (Å²) < 4.78 is 4.97. The second-order valence-corrected chi connectivity index (χ2v) is 4.85. The molecule has 0 aliphatic heterocycles. The first kappa shape index (κ1) is 15.4. The van der Waals surface area contributed by atoms with Gasteiger partial charge in [0.2, 0.25) is 0 Å². The third-order valence-corrected chi connectivity index (χ3v) is 2.95. The number of ether oxygens (including phenoxy) is 1. The van der Waals surface area contributed by atoms with E-state index in [1.54, 1.807) is 7.11 Å². The maximum atomic E-state index is 12.4. The fraction of sp³-hybridized carbons (Fsp3) is 0.571. The van der Waals surface area contributed by atoms with Gasteiger partial charge >= 0.3 is 0 Å². The summed E-state index contributed by atoms with van der Waals surface area (Å²) in [5.41, 5.74) is 2.46. The third-order valence-electron chi connectivity index (χ3n) is 2.95. The number of methoxy groups -OCH3 is 1. The van der Waals surface area contributed by atoms with Crippen LogP contribution in [0.15, 0.2) is 23.0 Å². The van der Waals surface area contributed by atoms with E-state index in [1.165, 1.54) is 0 Å². The molecule has 5 nitrogen and oxygen atoms in total. The van der Waals surface area contributed by atoms with Gasteiger partial charge in [0.15, 0.2) is 5.78 Å². The van der Waals surface area contributed by atoms with Crippen LogP contribution in [0.2, 0.25) is 0 Å². The lowest BCUT2D eigenvalue weighted by molar-refractivity contribution is -0.112. The molecule has 0 aromatic carbocycles. The van der Waals surface area contributed by atoms with E-state index in [0.29, 0.717) is 37.3 Å². The standard InChI is InChI=1S/C14H23N3O2/c1-10(16-7-8-19-4)13-12(15)6-5-11(14(13)18)9-17(2)3/h9,15-16H,5-8H2,1-4H3/b11-9+,13-10+,15-12?. The Labute approximate surface area is 114 Å². The lowest BCUT2D eigenvalue weighted by Crippen LogP contribution is -2.28. The smallest absolute Gasteiger partial charge is 0.194 e. The Balaban J connectivity index is 2.92. The molecule has 1 rings (SSSR count). The average Bonchev–Trinajstić information content (AvgIpc) is 2.33. The Morgan fingerprint density at radius 1 is 1.47 bits per heavy atom. The SMILES string of the molecule is COCCN/C(C)=C1\C(=N)CC/C(=C\N(C)C)C1=O. The number of Topliss-reactive ketones (excluding diaryl/α,β-unsaturated/α-hetero) is 1. The van der Waals surface area contributed by atoms with Crippen LogP contribution in [0, 0.1) is 5.41 Å². The molecule has 1 aliphatic rings. The summed E-state index contributed by atoms with van der Waals surface area (Å²) in [5, 5.41) is 11.1. The van der Waals surface area contributed by atoms with Crippen molar-refractivity contribution in [2.75, 3.05) is 34.4 Å². The molecule has 19 heavy (non-hydrogen) atoms. The number of hydrogen-bond donors (Lipinski definition) is 2. The molecule has 1 fully saturated rings. The van der Waals surface area contributed by atoms with Crippen LogP contribution >= 0.6 is 0 Å². The minimum Gasteiger partial charge on any atom is -0.386 e. The van der Waals surface area contributed by atoms with Crippen LogP contribution in [0.5, 0.6) is 0 Å². The van der Waals surface area contributed by atoms with E-state index in [0.717, 1.165) is 11.3 Å². The highest BCUT2D eigenvalue weighted by Gasteiger charge is 2.27. The van der Waals surface area contributed by atoms with Crippen LogP contribution in [-0.2, 0) is 9.53 Å². The average molecular weight is 265 g/mol. The van der Waals surface area contributed by atoms with Gasteiger partial charge in [-0.15, -0.1) is 0 Å². The van der Waals surface area contributed by atoms with E-state index >= 15 is 0 Å². The van der Waals surface area contributed by atoms with Gasteiger partial charge in [0.05, 0.1) is 12.2 Å². The van der Waals surface area contributed by atoms with Crippen LogP contribution in [0.25, 0.3) is 0 Å². The third kappa shape index (κ3) is 4.21. The molecule has 0 aromatic heterocycles. The van der Waals surface area contributed by atoms with Gasteiger partial charge in [-0.2, -0.15) is 0 Å². The van der Waals surface area contributed by atoms with Gasteiger partial charge in [-0.25, -0.2) is 0 Å². The minimum absolute atomic E-state index is 0.0348. The van der Waals surface area contributed by atoms with Gasteiger partial charge in [-0.05, 0) is 19.8 Å². The minimum atomic E-state index is -0.0348. The maximum Gasteiger partial charge on any atom is 0.194 e. The summed E-state index contributed by atoms with van der Waals surface area (Å²) in [4.78, 5) is 14.2. The van der Waals surface area contributed by atoms with Crippen LogP contribution in [-0.4, -0.2) is 50.8 Å². The molecule has 0 radical (unpaired) electrons. The monoisotopic (exact) mass is 265 g/mol. The van der Waals surface area contributed by atoms with Gasteiger partial charge in [0.1, 0.15) is 0 Å². The van der Waals surface area contributed by atoms with E-state index in [2.05, 4.69) is 5.32 Å². The zero-order valence-electron chi connectivity index (χ0n) is 12.2. The fourth-order valence-electron chi connectivity index (χ4n) is 2.06. The quantitative estimate of drug-likeness (QED) is 0.581. The normalized spacial score (nSPS) is 20.7. The Morgan fingerprint density at radius 2 is 2.16 bits per heavy atom. The van der Waals surface area contributed by atoms with E-state index in [1.807, 2.05) is 32.1 Å². The Bertz CT molecular complexity index is 422. The van der Waals surface area contributed by atoms with Crippen molar-refractivity contribution in [1.29, 1.82) is 5.41 Å². The van der Waals surface area contributed by atoms with Crippen molar-refractivity contribution in [3.63, 3.8) is 0 Å². The van der Waals surface area contributed by atoms with Crippen molar-refractivity contribution in [3.8, 4) is 0 Å². The van der Waals surface area contributed by atoms with Crippen LogP contribution in [0.1, 0.15) is 19.8 Å². The summed E-state index contributed by atoms with van der Waals surface area (Å²) in [7, 11) is 5.43. The summed E-state index contributed by atoms with van der Waals surface area (Å²) in [6.07, 6.45) is 3.10. The first-order valence-electron chi connectivity index (χ1n) is 6.40. The van der Waals surface area contributed by atoms with Crippen molar-refractivity contribution in [2.24, 2.45) is 0 Å². The van der Waals surface area contributed by atoms with Crippen LogP contribution < -0.4 is 5.32 Å². The number of hydrogen-bond acceptors (Lipinski definition) is 5. The van der Waals surface area contributed by atoms with Gasteiger partial charge in [0, 0.05) is 50.9 Å². The molecule has 1 saturated carbocycles. The molecule has 0 spiro atoms. The lowest BCUT2D eigenvalue weighted by Gasteiger charge is -2.21. The topological polar surface area (TPSA) is 65.4 Å². The Morgan fingerprint density at radius 3 is 2.74 bits per heavy atom. The zero-order valence-corrected chi connectivity index (χ0v) is 12.2. The Hall–Kier alpha value is -1.62. The van der Waals surface area contributed by atoms with E-state index in [-0.39, 0.29) is 5.78 Å². The largest absolute Gasteiger partial charge is 0.386 e. The molecule has 0 unspecified atom stereocenters. The molecule has 0 saturated heterocycles. The van der Waals surface area contributed by atoms with Gasteiger partial charge in [0.25, 0.3) is 0 Å². The predicted octanol–water partition coefficient (Wildman–Crippen LogP) is 1.32. The Kier molecular flexibility index (Phi) is 5.76. The van der Waals surface area contributed by atoms with Crippen molar-refractivity contribution in [1.82, 2.24) is 10.2 Å². The lowest BCUT2D eigenvalue weighted by atomic mass is 9.86. The second kappa shape index (κ2) is 7.09. The first-order chi connectivity index (χ1) is 8.97. The molecule has 106 valence electrons. The highest BCUT2D eigenvalue weighted by Crippen LogP contribution is 2.24. The van der Waals surface area contributed by atoms with Crippen molar-refractivity contribution < 1.29 is 9.53 Å². The fourth-order valence-corrected chi connectivity index (χ4v) is 2.06. The van der Waals surface area contributed by atoms with Crippen LogP contribution in [0.4, 0.5) is 0 Å². The first-order valence-corrected chi connectivity index (χ1v) is 6.40.